The van der Waals surface area contributed by atoms with Crippen LogP contribution in [0.25, 0.3) is 0 Å². The van der Waals surface area contributed by atoms with Crippen molar-refractivity contribution in [3.8, 4) is 0 Å². The van der Waals surface area contributed by atoms with Gasteiger partial charge in [-0.25, -0.2) is 0 Å². The van der Waals surface area contributed by atoms with Crippen LogP contribution in [-0.2, 0) is 10.2 Å². The van der Waals surface area contributed by atoms with Crippen molar-refractivity contribution in [3.05, 3.63) is 58.6 Å². The van der Waals surface area contributed by atoms with E-state index in [-0.39, 0.29) is 18.2 Å². The van der Waals surface area contributed by atoms with Gasteiger partial charge in [-0.1, -0.05) is 46.3 Å². The molecule has 0 bridgehead atoms. The molecule has 2 atom stereocenters. The lowest BCUT2D eigenvalue weighted by Crippen LogP contribution is -2.58. The maximum absolute atomic E-state index is 14.3. The van der Waals surface area contributed by atoms with Gasteiger partial charge in [-0.15, -0.1) is 0 Å². The Kier molecular flexibility index (Phi) is 4.68. The third-order valence-electron chi connectivity index (χ3n) is 5.90. The summed E-state index contributed by atoms with van der Waals surface area (Å²) in [5.74, 6) is -0.933. The molecule has 28 heavy (non-hydrogen) atoms. The molecule has 0 aliphatic carbocycles. The molecule has 2 aliphatic rings. The van der Waals surface area contributed by atoms with E-state index in [2.05, 4.69) is 20.8 Å². The molecule has 148 valence electrons. The van der Waals surface area contributed by atoms with Crippen molar-refractivity contribution in [1.29, 1.82) is 0 Å². The minimum absolute atomic E-state index is 0.0436. The molecule has 0 saturated carbocycles. The summed E-state index contributed by atoms with van der Waals surface area (Å²) < 4.78 is 43.5. The van der Waals surface area contributed by atoms with Crippen molar-refractivity contribution < 1.29 is 18.0 Å². The molecule has 2 aromatic carbocycles. The zero-order valence-electron chi connectivity index (χ0n) is 15.3. The van der Waals surface area contributed by atoms with Crippen molar-refractivity contribution in [3.63, 3.8) is 0 Å². The monoisotopic (exact) mass is 452 g/mol. The first-order chi connectivity index (χ1) is 13.2. The third kappa shape index (κ3) is 2.91. The van der Waals surface area contributed by atoms with E-state index < -0.39 is 17.5 Å². The summed E-state index contributed by atoms with van der Waals surface area (Å²) in [6.45, 7) is 2.11. The maximum atomic E-state index is 14.3. The molecule has 4 rings (SSSR count). The van der Waals surface area contributed by atoms with Gasteiger partial charge in [-0.05, 0) is 43.5 Å². The van der Waals surface area contributed by atoms with Crippen molar-refractivity contribution in [2.75, 3.05) is 22.9 Å². The Morgan fingerprint density at radius 2 is 1.82 bits per heavy atom. The molecule has 1 saturated heterocycles. The number of carbonyl (C=O) groups is 1. The Hall–Kier alpha value is -2.02. The maximum Gasteiger partial charge on any atom is 0.406 e. The fourth-order valence-corrected chi connectivity index (χ4v) is 4.60. The Bertz CT molecular complexity index is 902. The number of alkyl halides is 3. The van der Waals surface area contributed by atoms with E-state index in [9.17, 15) is 18.0 Å². The van der Waals surface area contributed by atoms with Gasteiger partial charge in [0.2, 0.25) is 5.91 Å². The highest BCUT2D eigenvalue weighted by atomic mass is 79.9. The summed E-state index contributed by atoms with van der Waals surface area (Å²) in [4.78, 5) is 17.0. The lowest BCUT2D eigenvalue weighted by Gasteiger charge is -2.44. The quantitative estimate of drug-likeness (QED) is 0.618. The summed E-state index contributed by atoms with van der Waals surface area (Å²) in [5, 5.41) is 0. The smallest absolute Gasteiger partial charge is 0.365 e. The lowest BCUT2D eigenvalue weighted by atomic mass is 9.79. The van der Waals surface area contributed by atoms with Gasteiger partial charge in [0.05, 0.1) is 11.4 Å². The summed E-state index contributed by atoms with van der Waals surface area (Å²) >= 11 is 3.40. The molecular weight excluding hydrogens is 433 g/mol. The Labute approximate surface area is 170 Å². The zero-order valence-corrected chi connectivity index (χ0v) is 16.9. The van der Waals surface area contributed by atoms with E-state index in [1.165, 1.54) is 29.2 Å². The van der Waals surface area contributed by atoms with Crippen LogP contribution in [0.4, 0.5) is 24.5 Å². The van der Waals surface area contributed by atoms with E-state index >= 15 is 0 Å². The summed E-state index contributed by atoms with van der Waals surface area (Å²) in [5.41, 5.74) is -1.31. The average molecular weight is 453 g/mol. The standard InChI is InChI=1S/C21H20BrF3N2O/c1-20(21(23,24)25,14-6-3-2-4-7-14)19(28)27-13-16-8-5-11-26(16)17-10-9-15(22)12-18(17)27/h2-4,6-7,9-10,12,16H,5,8,11,13H2,1H3. The van der Waals surface area contributed by atoms with Gasteiger partial charge in [0.15, 0.2) is 5.41 Å². The second kappa shape index (κ2) is 6.79. The van der Waals surface area contributed by atoms with Crippen molar-refractivity contribution in [2.24, 2.45) is 0 Å². The molecular formula is C21H20BrF3N2O. The second-order valence-electron chi connectivity index (χ2n) is 7.53. The fourth-order valence-electron chi connectivity index (χ4n) is 4.25. The van der Waals surface area contributed by atoms with Gasteiger partial charge < -0.3 is 9.80 Å². The van der Waals surface area contributed by atoms with E-state index in [1.54, 1.807) is 12.1 Å². The zero-order chi connectivity index (χ0) is 20.1. The Morgan fingerprint density at radius 1 is 1.11 bits per heavy atom. The molecule has 2 heterocycles. The highest BCUT2D eigenvalue weighted by Crippen LogP contribution is 2.47. The van der Waals surface area contributed by atoms with Crippen LogP contribution in [0.3, 0.4) is 0 Å². The van der Waals surface area contributed by atoms with Crippen LogP contribution in [0, 0.1) is 0 Å². The number of hydrogen-bond donors (Lipinski definition) is 0. The minimum atomic E-state index is -4.72. The van der Waals surface area contributed by atoms with E-state index in [4.69, 9.17) is 0 Å². The fraction of sp³-hybridized carbons (Fsp3) is 0.381. The van der Waals surface area contributed by atoms with Crippen LogP contribution in [0.5, 0.6) is 0 Å². The number of rotatable bonds is 2. The number of halogens is 4. The van der Waals surface area contributed by atoms with Gasteiger partial charge in [0.1, 0.15) is 0 Å². The molecule has 0 aromatic heterocycles. The van der Waals surface area contributed by atoms with Crippen LogP contribution < -0.4 is 9.80 Å². The predicted molar refractivity (Wildman–Crippen MR) is 107 cm³/mol. The van der Waals surface area contributed by atoms with E-state index in [0.29, 0.717) is 5.69 Å². The van der Waals surface area contributed by atoms with Gasteiger partial charge >= 0.3 is 6.18 Å². The highest BCUT2D eigenvalue weighted by molar-refractivity contribution is 9.10. The first-order valence-electron chi connectivity index (χ1n) is 9.24. The molecule has 7 heteroatoms. The van der Waals surface area contributed by atoms with Crippen LogP contribution in [0.2, 0.25) is 0 Å². The Morgan fingerprint density at radius 3 is 2.50 bits per heavy atom. The molecule has 0 N–H and O–H groups in total. The van der Waals surface area contributed by atoms with Gasteiger partial charge in [-0.2, -0.15) is 13.2 Å². The number of anilines is 2. The van der Waals surface area contributed by atoms with Crippen LogP contribution >= 0.6 is 15.9 Å². The van der Waals surface area contributed by atoms with E-state index in [0.717, 1.165) is 36.5 Å². The molecule has 3 nitrogen and oxygen atoms in total. The van der Waals surface area contributed by atoms with Crippen LogP contribution in [0.1, 0.15) is 25.3 Å². The lowest BCUT2D eigenvalue weighted by molar-refractivity contribution is -0.189. The second-order valence-corrected chi connectivity index (χ2v) is 8.44. The van der Waals surface area contributed by atoms with Crippen LogP contribution in [0.15, 0.2) is 53.0 Å². The third-order valence-corrected chi connectivity index (χ3v) is 6.39. The van der Waals surface area contributed by atoms with Crippen molar-refractivity contribution >= 4 is 33.2 Å². The topological polar surface area (TPSA) is 23.6 Å². The molecule has 0 radical (unpaired) electrons. The normalized spacial score (nSPS) is 21.1. The number of amides is 1. The molecule has 2 aliphatic heterocycles. The summed E-state index contributed by atoms with van der Waals surface area (Å²) in [6.07, 6.45) is -2.88. The van der Waals surface area contributed by atoms with Gasteiger partial charge in [-0.3, -0.25) is 4.79 Å². The van der Waals surface area contributed by atoms with Crippen molar-refractivity contribution in [1.82, 2.24) is 0 Å². The van der Waals surface area contributed by atoms with Gasteiger partial charge in [0, 0.05) is 23.6 Å². The molecule has 1 fully saturated rings. The number of carbonyl (C=O) groups excluding carboxylic acids is 1. The first kappa shape index (κ1) is 19.3. The van der Waals surface area contributed by atoms with Gasteiger partial charge in [0.25, 0.3) is 0 Å². The first-order valence-corrected chi connectivity index (χ1v) is 10.0. The highest BCUT2D eigenvalue weighted by Gasteiger charge is 2.60. The SMILES string of the molecule is CC(C(=O)N1CC2CCCN2c2ccc(Br)cc21)(c1ccccc1)C(F)(F)F. The largest absolute Gasteiger partial charge is 0.406 e. The summed E-state index contributed by atoms with van der Waals surface area (Å²) in [7, 11) is 0. The number of fused-ring (bicyclic) bond motifs is 3. The molecule has 0 spiro atoms. The number of benzene rings is 2. The minimum Gasteiger partial charge on any atom is -0.365 e. The van der Waals surface area contributed by atoms with Crippen molar-refractivity contribution in [2.45, 2.75) is 37.4 Å². The summed E-state index contributed by atoms with van der Waals surface area (Å²) in [6, 6.07) is 13.0. The number of nitrogens with zero attached hydrogens (tertiary/aromatic N) is 2. The number of hydrogen-bond acceptors (Lipinski definition) is 2. The van der Waals surface area contributed by atoms with E-state index in [1.807, 2.05) is 12.1 Å². The molecule has 1 amide bonds. The predicted octanol–water partition coefficient (Wildman–Crippen LogP) is 5.28. The average Bonchev–Trinajstić information content (AvgIpc) is 3.14. The molecule has 2 unspecified atom stereocenters. The molecule has 2 aromatic rings. The Balaban J connectivity index is 1.84. The van der Waals surface area contributed by atoms with Crippen LogP contribution in [-0.4, -0.2) is 31.2 Å².